The minimum absolute atomic E-state index is 0.0945. The third-order valence-corrected chi connectivity index (χ3v) is 4.93. The number of benzene rings is 2. The first-order valence-electron chi connectivity index (χ1n) is 9.47. The number of aromatic nitrogens is 2. The molecule has 4 rings (SSSR count). The highest BCUT2D eigenvalue weighted by Gasteiger charge is 2.27. The Morgan fingerprint density at radius 2 is 2.07 bits per heavy atom. The summed E-state index contributed by atoms with van der Waals surface area (Å²) in [7, 11) is 0. The van der Waals surface area contributed by atoms with Crippen LogP contribution in [-0.2, 0) is 0 Å². The van der Waals surface area contributed by atoms with Gasteiger partial charge in [0.25, 0.3) is 0 Å². The quantitative estimate of drug-likeness (QED) is 0.722. The minimum Gasteiger partial charge on any atom is -0.492 e. The molecule has 0 radical (unpaired) electrons. The Bertz CT molecular complexity index is 904. The lowest BCUT2D eigenvalue weighted by Crippen LogP contribution is -2.41. The van der Waals surface area contributed by atoms with E-state index in [1.807, 2.05) is 60.4 Å². The Hall–Kier alpha value is -3.02. The van der Waals surface area contributed by atoms with E-state index in [2.05, 4.69) is 10.3 Å². The Morgan fingerprint density at radius 1 is 1.26 bits per heavy atom. The van der Waals surface area contributed by atoms with Crippen molar-refractivity contribution in [2.75, 3.05) is 25.0 Å². The molecular weight excluding hydrogens is 340 g/mol. The van der Waals surface area contributed by atoms with Gasteiger partial charge in [0.1, 0.15) is 11.6 Å². The van der Waals surface area contributed by atoms with Gasteiger partial charge < -0.3 is 19.9 Å². The van der Waals surface area contributed by atoms with Crippen molar-refractivity contribution < 1.29 is 9.53 Å². The van der Waals surface area contributed by atoms with Crippen molar-refractivity contribution in [1.82, 2.24) is 14.9 Å². The van der Waals surface area contributed by atoms with Gasteiger partial charge in [-0.25, -0.2) is 9.78 Å². The summed E-state index contributed by atoms with van der Waals surface area (Å²) in [5, 5.41) is 3.00. The normalized spacial score (nSPS) is 17.1. The van der Waals surface area contributed by atoms with Crippen molar-refractivity contribution in [1.29, 1.82) is 0 Å². The summed E-state index contributed by atoms with van der Waals surface area (Å²) in [5.74, 6) is 1.88. The smallest absolute Gasteiger partial charge is 0.321 e. The van der Waals surface area contributed by atoms with Gasteiger partial charge in [-0.05, 0) is 44.0 Å². The van der Waals surface area contributed by atoms with Crippen LogP contribution in [0.3, 0.4) is 0 Å². The number of nitrogens with one attached hydrogen (secondary N) is 2. The first-order chi connectivity index (χ1) is 13.2. The van der Waals surface area contributed by atoms with E-state index in [1.165, 1.54) is 0 Å². The van der Waals surface area contributed by atoms with Crippen molar-refractivity contribution in [3.05, 3.63) is 54.4 Å². The van der Waals surface area contributed by atoms with Gasteiger partial charge in [0.05, 0.1) is 23.3 Å². The second-order valence-corrected chi connectivity index (χ2v) is 6.78. The largest absolute Gasteiger partial charge is 0.492 e. The molecule has 1 aliphatic heterocycles. The molecule has 2 N–H and O–H groups in total. The van der Waals surface area contributed by atoms with E-state index < -0.39 is 0 Å². The van der Waals surface area contributed by atoms with Gasteiger partial charge in [0, 0.05) is 19.0 Å². The SMILES string of the molecule is CCOc1ccccc1NC(=O)N1CCCC(c2nc3ccccc3[nH]2)C1. The second kappa shape index (κ2) is 7.70. The maximum atomic E-state index is 12.8. The van der Waals surface area contributed by atoms with Crippen molar-refractivity contribution >= 4 is 22.8 Å². The number of piperidine rings is 1. The van der Waals surface area contributed by atoms with Gasteiger partial charge in [-0.3, -0.25) is 0 Å². The lowest BCUT2D eigenvalue weighted by atomic mass is 9.97. The number of anilines is 1. The maximum absolute atomic E-state index is 12.8. The standard InChI is InChI=1S/C21H24N4O2/c1-2-27-19-12-6-5-11-18(19)24-21(26)25-13-7-8-15(14-25)20-22-16-9-3-4-10-17(16)23-20/h3-6,9-12,15H,2,7-8,13-14H2,1H3,(H,22,23)(H,24,26). The van der Waals surface area contributed by atoms with E-state index in [0.717, 1.165) is 36.2 Å². The molecule has 0 spiro atoms. The Labute approximate surface area is 158 Å². The number of hydrogen-bond donors (Lipinski definition) is 2. The Balaban J connectivity index is 1.47. The van der Waals surface area contributed by atoms with Crippen LogP contribution < -0.4 is 10.1 Å². The molecule has 0 bridgehead atoms. The number of nitrogens with zero attached hydrogens (tertiary/aromatic N) is 2. The number of amides is 2. The number of H-pyrrole nitrogens is 1. The first kappa shape index (κ1) is 17.4. The summed E-state index contributed by atoms with van der Waals surface area (Å²) in [5.41, 5.74) is 2.72. The molecule has 1 atom stereocenters. The fourth-order valence-electron chi connectivity index (χ4n) is 3.60. The average Bonchev–Trinajstić information content (AvgIpc) is 3.14. The van der Waals surface area contributed by atoms with Gasteiger partial charge in [-0.15, -0.1) is 0 Å². The number of ether oxygens (including phenoxy) is 1. The zero-order valence-electron chi connectivity index (χ0n) is 15.4. The zero-order chi connectivity index (χ0) is 18.6. The highest BCUT2D eigenvalue weighted by atomic mass is 16.5. The summed E-state index contributed by atoms with van der Waals surface area (Å²) in [4.78, 5) is 22.8. The molecule has 140 valence electrons. The van der Waals surface area contributed by atoms with E-state index >= 15 is 0 Å². The molecule has 6 heteroatoms. The molecule has 2 amide bonds. The van der Waals surface area contributed by atoms with Gasteiger partial charge in [0.15, 0.2) is 0 Å². The summed E-state index contributed by atoms with van der Waals surface area (Å²) < 4.78 is 5.60. The molecule has 1 aromatic heterocycles. The number of likely N-dealkylation sites (tertiary alicyclic amines) is 1. The van der Waals surface area contributed by atoms with Crippen molar-refractivity contribution in [3.63, 3.8) is 0 Å². The molecule has 6 nitrogen and oxygen atoms in total. The molecule has 1 aliphatic rings. The summed E-state index contributed by atoms with van der Waals surface area (Å²) >= 11 is 0. The first-order valence-corrected chi connectivity index (χ1v) is 9.47. The fourth-order valence-corrected chi connectivity index (χ4v) is 3.60. The van der Waals surface area contributed by atoms with Crippen LogP contribution in [-0.4, -0.2) is 40.6 Å². The molecule has 27 heavy (non-hydrogen) atoms. The third kappa shape index (κ3) is 3.74. The van der Waals surface area contributed by atoms with Crippen molar-refractivity contribution in [2.24, 2.45) is 0 Å². The molecule has 3 aromatic rings. The molecule has 2 heterocycles. The number of urea groups is 1. The number of carbonyl (C=O) groups is 1. The monoisotopic (exact) mass is 364 g/mol. The molecule has 1 unspecified atom stereocenters. The van der Waals surface area contributed by atoms with E-state index in [4.69, 9.17) is 9.72 Å². The number of aromatic amines is 1. The number of imidazole rings is 1. The van der Waals surface area contributed by atoms with Crippen LogP contribution in [0.5, 0.6) is 5.75 Å². The van der Waals surface area contributed by atoms with Gasteiger partial charge in [-0.2, -0.15) is 0 Å². The van der Waals surface area contributed by atoms with Crippen LogP contribution in [0, 0.1) is 0 Å². The minimum atomic E-state index is -0.0945. The van der Waals surface area contributed by atoms with E-state index in [9.17, 15) is 4.79 Å². The van der Waals surface area contributed by atoms with Crippen LogP contribution in [0.1, 0.15) is 31.5 Å². The predicted octanol–water partition coefficient (Wildman–Crippen LogP) is 4.37. The number of para-hydroxylation sites is 4. The third-order valence-electron chi connectivity index (χ3n) is 4.93. The second-order valence-electron chi connectivity index (χ2n) is 6.78. The summed E-state index contributed by atoms with van der Waals surface area (Å²) in [6.45, 7) is 3.90. The lowest BCUT2D eigenvalue weighted by molar-refractivity contribution is 0.191. The molecule has 1 fully saturated rings. The molecule has 2 aromatic carbocycles. The predicted molar refractivity (Wildman–Crippen MR) is 106 cm³/mol. The number of fused-ring (bicyclic) bond motifs is 1. The summed E-state index contributed by atoms with van der Waals surface area (Å²) in [6.07, 6.45) is 1.99. The number of hydrogen-bond acceptors (Lipinski definition) is 3. The Kier molecular flexibility index (Phi) is 4.96. The highest BCUT2D eigenvalue weighted by molar-refractivity contribution is 5.91. The van der Waals surface area contributed by atoms with Gasteiger partial charge in [-0.1, -0.05) is 24.3 Å². The van der Waals surface area contributed by atoms with Crippen LogP contribution in [0.2, 0.25) is 0 Å². The van der Waals surface area contributed by atoms with E-state index in [-0.39, 0.29) is 11.9 Å². The fraction of sp³-hybridized carbons (Fsp3) is 0.333. The zero-order valence-corrected chi connectivity index (χ0v) is 15.4. The highest BCUT2D eigenvalue weighted by Crippen LogP contribution is 2.28. The number of carbonyl (C=O) groups excluding carboxylic acids is 1. The van der Waals surface area contributed by atoms with Crippen molar-refractivity contribution in [2.45, 2.75) is 25.7 Å². The molecular formula is C21H24N4O2. The lowest BCUT2D eigenvalue weighted by Gasteiger charge is -2.32. The summed E-state index contributed by atoms with van der Waals surface area (Å²) in [6, 6.07) is 15.5. The van der Waals surface area contributed by atoms with E-state index in [1.54, 1.807) is 0 Å². The molecule has 0 aliphatic carbocycles. The van der Waals surface area contributed by atoms with Crippen LogP contribution in [0.15, 0.2) is 48.5 Å². The molecule has 0 saturated carbocycles. The van der Waals surface area contributed by atoms with Gasteiger partial charge in [0.2, 0.25) is 0 Å². The molecule has 1 saturated heterocycles. The topological polar surface area (TPSA) is 70.2 Å². The maximum Gasteiger partial charge on any atom is 0.321 e. The van der Waals surface area contributed by atoms with Crippen LogP contribution in [0.4, 0.5) is 10.5 Å². The number of rotatable bonds is 4. The average molecular weight is 364 g/mol. The van der Waals surface area contributed by atoms with Gasteiger partial charge >= 0.3 is 6.03 Å². The van der Waals surface area contributed by atoms with Crippen molar-refractivity contribution in [3.8, 4) is 5.75 Å². The van der Waals surface area contributed by atoms with E-state index in [0.29, 0.717) is 24.6 Å². The van der Waals surface area contributed by atoms with Crippen LogP contribution in [0.25, 0.3) is 11.0 Å². The van der Waals surface area contributed by atoms with Crippen LogP contribution >= 0.6 is 0 Å². The Morgan fingerprint density at radius 3 is 2.93 bits per heavy atom.